The van der Waals surface area contributed by atoms with Gasteiger partial charge in [-0.3, -0.25) is 5.26 Å². The van der Waals surface area contributed by atoms with Gasteiger partial charge in [0, 0.05) is 0 Å². The second-order valence-corrected chi connectivity index (χ2v) is 6.24. The maximum absolute atomic E-state index is 8.55. The highest BCUT2D eigenvalue weighted by Gasteiger charge is 2.54. The van der Waals surface area contributed by atoms with Crippen molar-refractivity contribution >= 4 is 0 Å². The normalized spacial score (nSPS) is 34.8. The quantitative estimate of drug-likeness (QED) is 0.641. The summed E-state index contributed by atoms with van der Waals surface area (Å²) in [5.74, 6) is 1.36. The molecule has 3 rings (SSSR count). The van der Waals surface area contributed by atoms with Crippen LogP contribution in [0.5, 0.6) is 0 Å². The van der Waals surface area contributed by atoms with Crippen LogP contribution >= 0.6 is 0 Å². The van der Waals surface area contributed by atoms with Crippen LogP contribution in [0.2, 0.25) is 0 Å². The fourth-order valence-electron chi connectivity index (χ4n) is 3.73. The van der Waals surface area contributed by atoms with Crippen LogP contribution in [0.25, 0.3) is 0 Å². The molecule has 2 heteroatoms. The van der Waals surface area contributed by atoms with Gasteiger partial charge in [0.1, 0.15) is 0 Å². The van der Waals surface area contributed by atoms with Crippen LogP contribution in [0.3, 0.4) is 0 Å². The molecular weight excluding hydrogens is 224 g/mol. The maximum atomic E-state index is 8.55. The molecule has 2 aliphatic rings. The second kappa shape index (κ2) is 4.67. The number of aryl methyl sites for hydroxylation is 1. The minimum absolute atomic E-state index is 0.518. The maximum Gasteiger partial charge on any atom is 0.0853 e. The molecule has 0 saturated heterocycles. The van der Waals surface area contributed by atoms with E-state index in [2.05, 4.69) is 36.1 Å². The standard InChI is InChI=1S/C16H22O2/c1-12-2-4-13(5-3-12)14-6-8-16(9-7-14)10-15(16)11-18-17/h2-5,14-15,17H,6-11H2,1H3. The van der Waals surface area contributed by atoms with Gasteiger partial charge in [-0.25, -0.2) is 4.89 Å². The molecule has 2 aliphatic carbocycles. The van der Waals surface area contributed by atoms with E-state index in [-0.39, 0.29) is 0 Å². The highest BCUT2D eigenvalue weighted by atomic mass is 17.1. The molecule has 2 fully saturated rings. The van der Waals surface area contributed by atoms with E-state index in [0.717, 1.165) is 5.92 Å². The van der Waals surface area contributed by atoms with Crippen LogP contribution < -0.4 is 0 Å². The predicted molar refractivity (Wildman–Crippen MR) is 71.5 cm³/mol. The molecule has 0 amide bonds. The molecule has 1 unspecified atom stereocenters. The van der Waals surface area contributed by atoms with Crippen molar-refractivity contribution in [3.05, 3.63) is 35.4 Å². The van der Waals surface area contributed by atoms with E-state index >= 15 is 0 Å². The lowest BCUT2D eigenvalue weighted by molar-refractivity contribution is -0.247. The van der Waals surface area contributed by atoms with Crippen molar-refractivity contribution in [2.75, 3.05) is 6.61 Å². The van der Waals surface area contributed by atoms with Gasteiger partial charge < -0.3 is 0 Å². The van der Waals surface area contributed by atoms with Gasteiger partial charge in [-0.05, 0) is 61.8 Å². The number of rotatable bonds is 3. The zero-order valence-electron chi connectivity index (χ0n) is 11.1. The first-order valence-corrected chi connectivity index (χ1v) is 7.06. The van der Waals surface area contributed by atoms with Crippen LogP contribution in [0.4, 0.5) is 0 Å². The summed E-state index contributed by atoms with van der Waals surface area (Å²) in [7, 11) is 0. The monoisotopic (exact) mass is 246 g/mol. The Hall–Kier alpha value is -0.860. The average molecular weight is 246 g/mol. The third-order valence-corrected chi connectivity index (χ3v) is 5.16. The van der Waals surface area contributed by atoms with Crippen LogP contribution in [0, 0.1) is 18.3 Å². The van der Waals surface area contributed by atoms with Crippen molar-refractivity contribution in [3.8, 4) is 0 Å². The van der Waals surface area contributed by atoms with Crippen molar-refractivity contribution < 1.29 is 10.1 Å². The fraction of sp³-hybridized carbons (Fsp3) is 0.625. The molecule has 0 heterocycles. The zero-order valence-corrected chi connectivity index (χ0v) is 11.1. The molecule has 0 aromatic heterocycles. The Morgan fingerprint density at radius 1 is 1.22 bits per heavy atom. The molecule has 98 valence electrons. The van der Waals surface area contributed by atoms with Crippen molar-refractivity contribution in [2.45, 2.75) is 44.9 Å². The first-order valence-electron chi connectivity index (χ1n) is 7.06. The Morgan fingerprint density at radius 2 is 1.89 bits per heavy atom. The minimum Gasteiger partial charge on any atom is -0.252 e. The topological polar surface area (TPSA) is 29.5 Å². The van der Waals surface area contributed by atoms with Gasteiger partial charge >= 0.3 is 0 Å². The van der Waals surface area contributed by atoms with E-state index in [0.29, 0.717) is 17.9 Å². The summed E-state index contributed by atoms with van der Waals surface area (Å²) in [6.07, 6.45) is 6.46. The lowest BCUT2D eigenvalue weighted by Crippen LogP contribution is -2.17. The van der Waals surface area contributed by atoms with Gasteiger partial charge in [-0.15, -0.1) is 0 Å². The molecule has 18 heavy (non-hydrogen) atoms. The van der Waals surface area contributed by atoms with E-state index in [9.17, 15) is 0 Å². The summed E-state index contributed by atoms with van der Waals surface area (Å²) in [5.41, 5.74) is 3.36. The Labute approximate surface area is 109 Å². The number of hydrogen-bond acceptors (Lipinski definition) is 2. The van der Waals surface area contributed by atoms with E-state index in [1.165, 1.54) is 43.2 Å². The summed E-state index contributed by atoms with van der Waals surface area (Å²) in [5, 5.41) is 8.55. The Bertz CT molecular complexity index is 402. The zero-order chi connectivity index (χ0) is 12.6. The minimum atomic E-state index is 0.518. The molecule has 2 nitrogen and oxygen atoms in total. The molecule has 0 radical (unpaired) electrons. The summed E-state index contributed by atoms with van der Waals surface area (Å²) in [6, 6.07) is 9.02. The molecule has 1 N–H and O–H groups in total. The van der Waals surface area contributed by atoms with Crippen LogP contribution in [-0.2, 0) is 4.89 Å². The Balaban J connectivity index is 1.59. The van der Waals surface area contributed by atoms with Crippen molar-refractivity contribution in [3.63, 3.8) is 0 Å². The van der Waals surface area contributed by atoms with E-state index < -0.39 is 0 Å². The second-order valence-electron chi connectivity index (χ2n) is 6.24. The Morgan fingerprint density at radius 3 is 2.50 bits per heavy atom. The molecular formula is C16H22O2. The van der Waals surface area contributed by atoms with Crippen molar-refractivity contribution in [2.24, 2.45) is 11.3 Å². The van der Waals surface area contributed by atoms with Gasteiger partial charge in [0.25, 0.3) is 0 Å². The van der Waals surface area contributed by atoms with E-state index in [1.54, 1.807) is 0 Å². The largest absolute Gasteiger partial charge is 0.252 e. The van der Waals surface area contributed by atoms with Crippen LogP contribution in [0.15, 0.2) is 24.3 Å². The lowest BCUT2D eigenvalue weighted by Gasteiger charge is -2.29. The number of benzene rings is 1. The fourth-order valence-corrected chi connectivity index (χ4v) is 3.73. The molecule has 0 aliphatic heterocycles. The predicted octanol–water partition coefficient (Wildman–Crippen LogP) is 4.15. The van der Waals surface area contributed by atoms with Gasteiger partial charge in [0.2, 0.25) is 0 Å². The van der Waals surface area contributed by atoms with Crippen LogP contribution in [-0.4, -0.2) is 11.9 Å². The highest BCUT2D eigenvalue weighted by molar-refractivity contribution is 5.25. The van der Waals surface area contributed by atoms with Crippen molar-refractivity contribution in [1.29, 1.82) is 0 Å². The summed E-state index contributed by atoms with van der Waals surface area (Å²) >= 11 is 0. The highest BCUT2D eigenvalue weighted by Crippen LogP contribution is 2.63. The van der Waals surface area contributed by atoms with Gasteiger partial charge in [0.15, 0.2) is 0 Å². The smallest absolute Gasteiger partial charge is 0.0853 e. The SMILES string of the molecule is Cc1ccc(C2CCC3(CC2)CC3COO)cc1. The Kier molecular flexibility index (Phi) is 3.16. The van der Waals surface area contributed by atoms with Gasteiger partial charge in [-0.1, -0.05) is 29.8 Å². The first kappa shape index (κ1) is 12.2. The van der Waals surface area contributed by atoms with Crippen molar-refractivity contribution in [1.82, 2.24) is 0 Å². The molecule has 1 atom stereocenters. The number of hydrogen-bond donors (Lipinski definition) is 1. The van der Waals surface area contributed by atoms with Gasteiger partial charge in [-0.2, -0.15) is 0 Å². The van der Waals surface area contributed by atoms with E-state index in [1.807, 2.05) is 0 Å². The third kappa shape index (κ3) is 2.19. The lowest BCUT2D eigenvalue weighted by atomic mass is 9.76. The summed E-state index contributed by atoms with van der Waals surface area (Å²) < 4.78 is 0. The third-order valence-electron chi connectivity index (χ3n) is 5.16. The van der Waals surface area contributed by atoms with Crippen LogP contribution in [0.1, 0.15) is 49.1 Å². The van der Waals surface area contributed by atoms with Gasteiger partial charge in [0.05, 0.1) is 6.61 Å². The van der Waals surface area contributed by atoms with E-state index in [4.69, 9.17) is 5.26 Å². The molecule has 1 aromatic rings. The molecule has 1 aromatic carbocycles. The molecule has 0 bridgehead atoms. The molecule has 1 spiro atoms. The molecule has 2 saturated carbocycles. The first-order chi connectivity index (χ1) is 8.73. The summed E-state index contributed by atoms with van der Waals surface area (Å²) in [6.45, 7) is 2.68. The summed E-state index contributed by atoms with van der Waals surface area (Å²) in [4.78, 5) is 4.32. The average Bonchev–Trinajstić information content (AvgIpc) is 3.05.